The summed E-state index contributed by atoms with van der Waals surface area (Å²) in [5.74, 6) is 6.11. The van der Waals surface area contributed by atoms with Gasteiger partial charge in [0, 0.05) is 0 Å². The molecule has 2 aromatic carbocycles. The van der Waals surface area contributed by atoms with Crippen LogP contribution in [0, 0.1) is 23.2 Å². The van der Waals surface area contributed by atoms with Crippen molar-refractivity contribution >= 4 is 0 Å². The number of para-hydroxylation sites is 1. The van der Waals surface area contributed by atoms with Gasteiger partial charge in [-0.2, -0.15) is 5.26 Å². The van der Waals surface area contributed by atoms with E-state index < -0.39 is 0 Å². The summed E-state index contributed by atoms with van der Waals surface area (Å²) < 4.78 is 5.73. The van der Waals surface area contributed by atoms with Crippen molar-refractivity contribution in [2.24, 2.45) is 0 Å². The lowest BCUT2D eigenvalue weighted by Gasteiger charge is -2.08. The van der Waals surface area contributed by atoms with Crippen LogP contribution in [0.4, 0.5) is 0 Å². The maximum Gasteiger partial charge on any atom is 0.135 e. The first-order valence-electron chi connectivity index (χ1n) is 6.14. The molecule has 0 fully saturated rings. The van der Waals surface area contributed by atoms with Crippen LogP contribution in [0.5, 0.6) is 5.75 Å². The van der Waals surface area contributed by atoms with Crippen LogP contribution in [0.25, 0.3) is 0 Å². The zero-order chi connectivity index (χ0) is 14.2. The fraction of sp³-hybridized carbons (Fsp3) is 0.118. The zero-order valence-corrected chi connectivity index (χ0v) is 10.8. The lowest BCUT2D eigenvalue weighted by molar-refractivity contribution is 0.305. The van der Waals surface area contributed by atoms with Gasteiger partial charge in [0.1, 0.15) is 19.0 Å². The van der Waals surface area contributed by atoms with Gasteiger partial charge in [-0.15, -0.1) is 0 Å². The Morgan fingerprint density at radius 3 is 2.75 bits per heavy atom. The lowest BCUT2D eigenvalue weighted by atomic mass is 10.1. The summed E-state index contributed by atoms with van der Waals surface area (Å²) in [4.78, 5) is 0. The van der Waals surface area contributed by atoms with Crippen molar-refractivity contribution < 1.29 is 9.84 Å². The first kappa shape index (κ1) is 13.7. The van der Waals surface area contributed by atoms with Crippen molar-refractivity contribution in [3.8, 4) is 23.7 Å². The molecule has 0 aliphatic heterocycles. The summed E-state index contributed by atoms with van der Waals surface area (Å²) in [6.07, 6.45) is 0. The van der Waals surface area contributed by atoms with E-state index in [4.69, 9.17) is 15.1 Å². The number of hydrogen-bond donors (Lipinski definition) is 1. The van der Waals surface area contributed by atoms with Gasteiger partial charge in [0.15, 0.2) is 0 Å². The minimum Gasteiger partial charge on any atom is -0.488 e. The molecule has 98 valence electrons. The van der Waals surface area contributed by atoms with Crippen LogP contribution in [0.3, 0.4) is 0 Å². The molecular formula is C17H13NO2. The van der Waals surface area contributed by atoms with Gasteiger partial charge in [-0.1, -0.05) is 36.1 Å². The molecule has 0 aromatic heterocycles. The van der Waals surface area contributed by atoms with Crippen molar-refractivity contribution in [3.05, 3.63) is 65.2 Å². The van der Waals surface area contributed by atoms with Crippen LogP contribution in [-0.4, -0.2) is 11.7 Å². The highest BCUT2D eigenvalue weighted by Crippen LogP contribution is 2.18. The number of ether oxygens (including phenoxy) is 1. The summed E-state index contributed by atoms with van der Waals surface area (Å²) in [5, 5.41) is 17.6. The third-order valence-corrected chi connectivity index (χ3v) is 2.64. The van der Waals surface area contributed by atoms with Gasteiger partial charge in [-0.3, -0.25) is 0 Å². The molecule has 0 bridgehead atoms. The average molecular weight is 263 g/mol. The topological polar surface area (TPSA) is 53.2 Å². The van der Waals surface area contributed by atoms with Crippen molar-refractivity contribution in [2.75, 3.05) is 6.61 Å². The average Bonchev–Trinajstić information content (AvgIpc) is 2.52. The van der Waals surface area contributed by atoms with E-state index in [1.807, 2.05) is 36.4 Å². The molecule has 1 N–H and O–H groups in total. The van der Waals surface area contributed by atoms with E-state index in [0.29, 0.717) is 17.9 Å². The number of aliphatic hydroxyl groups is 1. The molecule has 0 unspecified atom stereocenters. The molecule has 0 aliphatic carbocycles. The number of nitriles is 1. The zero-order valence-electron chi connectivity index (χ0n) is 10.8. The van der Waals surface area contributed by atoms with Crippen molar-refractivity contribution in [3.63, 3.8) is 0 Å². The molecule has 0 amide bonds. The third kappa shape index (κ3) is 3.62. The molecule has 2 aromatic rings. The smallest absolute Gasteiger partial charge is 0.135 e. The Bertz CT molecular complexity index is 690. The first-order chi connectivity index (χ1) is 9.83. The van der Waals surface area contributed by atoms with Crippen LogP contribution < -0.4 is 4.74 Å². The molecule has 0 aliphatic rings. The minimum absolute atomic E-state index is 0.182. The Labute approximate surface area is 118 Å². The number of hydrogen-bond acceptors (Lipinski definition) is 3. The van der Waals surface area contributed by atoms with E-state index in [1.54, 1.807) is 12.1 Å². The monoisotopic (exact) mass is 263 g/mol. The number of rotatable bonds is 3. The van der Waals surface area contributed by atoms with E-state index in [-0.39, 0.29) is 6.61 Å². The molecule has 0 heterocycles. The second-order valence-corrected chi connectivity index (χ2v) is 4.06. The van der Waals surface area contributed by atoms with Gasteiger partial charge in [0.05, 0.1) is 17.2 Å². The molecule has 3 heteroatoms. The number of nitrogens with zero attached hydrogens (tertiary/aromatic N) is 1. The molecule has 0 saturated heterocycles. The normalized spacial score (nSPS) is 9.20. The van der Waals surface area contributed by atoms with Crippen molar-refractivity contribution in [1.82, 2.24) is 0 Å². The van der Waals surface area contributed by atoms with Gasteiger partial charge >= 0.3 is 0 Å². The number of benzene rings is 2. The first-order valence-corrected chi connectivity index (χ1v) is 6.14. The minimum atomic E-state index is -0.182. The Balaban J connectivity index is 2.13. The second kappa shape index (κ2) is 6.99. The van der Waals surface area contributed by atoms with E-state index in [0.717, 1.165) is 11.1 Å². The summed E-state index contributed by atoms with van der Waals surface area (Å²) in [6, 6.07) is 16.8. The van der Waals surface area contributed by atoms with Gasteiger partial charge in [0.2, 0.25) is 0 Å². The number of aliphatic hydroxyl groups excluding tert-OH is 1. The van der Waals surface area contributed by atoms with Crippen LogP contribution in [0.1, 0.15) is 16.7 Å². The predicted molar refractivity (Wildman–Crippen MR) is 75.9 cm³/mol. The fourth-order valence-corrected chi connectivity index (χ4v) is 1.72. The Hall–Kier alpha value is -2.75. The van der Waals surface area contributed by atoms with Gasteiger partial charge in [-0.05, 0) is 29.8 Å². The van der Waals surface area contributed by atoms with Gasteiger partial charge in [-0.25, -0.2) is 0 Å². The Morgan fingerprint density at radius 2 is 1.95 bits per heavy atom. The Kier molecular flexibility index (Phi) is 4.78. The third-order valence-electron chi connectivity index (χ3n) is 2.64. The highest BCUT2D eigenvalue weighted by Gasteiger charge is 2.01. The summed E-state index contributed by atoms with van der Waals surface area (Å²) in [7, 11) is 0. The van der Waals surface area contributed by atoms with Gasteiger partial charge in [0.25, 0.3) is 0 Å². The molecule has 0 spiro atoms. The second-order valence-electron chi connectivity index (χ2n) is 4.06. The largest absolute Gasteiger partial charge is 0.488 e. The van der Waals surface area contributed by atoms with Crippen LogP contribution >= 0.6 is 0 Å². The molecule has 0 atom stereocenters. The van der Waals surface area contributed by atoms with E-state index in [1.165, 1.54) is 0 Å². The highest BCUT2D eigenvalue weighted by molar-refractivity contribution is 5.46. The fourth-order valence-electron chi connectivity index (χ4n) is 1.72. The highest BCUT2D eigenvalue weighted by atomic mass is 16.5. The van der Waals surface area contributed by atoms with E-state index >= 15 is 0 Å². The Morgan fingerprint density at radius 1 is 1.10 bits per heavy atom. The molecule has 3 nitrogen and oxygen atoms in total. The summed E-state index contributed by atoms with van der Waals surface area (Å²) in [5.41, 5.74) is 2.27. The SMILES string of the molecule is N#Cc1cccc(COc2ccccc2C#CCO)c1. The standard InChI is InChI=1S/C17H13NO2/c18-12-14-5-3-6-15(11-14)13-20-17-9-2-1-7-16(17)8-4-10-19/h1-3,5-7,9,11,19H,10,13H2. The lowest BCUT2D eigenvalue weighted by Crippen LogP contribution is -1.97. The van der Waals surface area contributed by atoms with Crippen LogP contribution in [0.2, 0.25) is 0 Å². The van der Waals surface area contributed by atoms with Crippen LogP contribution in [0.15, 0.2) is 48.5 Å². The van der Waals surface area contributed by atoms with E-state index in [9.17, 15) is 0 Å². The van der Waals surface area contributed by atoms with Crippen LogP contribution in [-0.2, 0) is 6.61 Å². The van der Waals surface area contributed by atoms with E-state index in [2.05, 4.69) is 17.9 Å². The molecule has 0 radical (unpaired) electrons. The van der Waals surface area contributed by atoms with Crippen molar-refractivity contribution in [2.45, 2.75) is 6.61 Å². The molecular weight excluding hydrogens is 250 g/mol. The summed E-state index contributed by atoms with van der Waals surface area (Å²) >= 11 is 0. The van der Waals surface area contributed by atoms with Crippen molar-refractivity contribution in [1.29, 1.82) is 5.26 Å². The quantitative estimate of drug-likeness (QED) is 0.865. The predicted octanol–water partition coefficient (Wildman–Crippen LogP) is 2.48. The summed E-state index contributed by atoms with van der Waals surface area (Å²) in [6.45, 7) is 0.186. The molecule has 0 saturated carbocycles. The molecule has 2 rings (SSSR count). The van der Waals surface area contributed by atoms with Gasteiger partial charge < -0.3 is 9.84 Å². The maximum absolute atomic E-state index is 8.86. The molecule has 20 heavy (non-hydrogen) atoms. The maximum atomic E-state index is 8.86.